The van der Waals surface area contributed by atoms with Crippen molar-refractivity contribution in [2.45, 2.75) is 20.4 Å². The SMILES string of the molecule is CC=CCOc1c(CNCCOC)cccc1OCC. The summed E-state index contributed by atoms with van der Waals surface area (Å²) in [7, 11) is 1.70. The highest BCUT2D eigenvalue weighted by atomic mass is 16.5. The van der Waals surface area contributed by atoms with Gasteiger partial charge in [-0.15, -0.1) is 0 Å². The van der Waals surface area contributed by atoms with E-state index in [1.165, 1.54) is 0 Å². The van der Waals surface area contributed by atoms with Crippen LogP contribution in [0.3, 0.4) is 0 Å². The molecule has 4 nitrogen and oxygen atoms in total. The fraction of sp³-hybridized carbons (Fsp3) is 0.500. The maximum atomic E-state index is 5.84. The molecule has 0 saturated heterocycles. The lowest BCUT2D eigenvalue weighted by molar-refractivity contribution is 0.199. The predicted molar refractivity (Wildman–Crippen MR) is 81.5 cm³/mol. The topological polar surface area (TPSA) is 39.7 Å². The van der Waals surface area contributed by atoms with Crippen LogP contribution < -0.4 is 14.8 Å². The standard InChI is InChI=1S/C16H25NO3/c1-4-6-11-20-16-14(13-17-10-12-18-3)8-7-9-15(16)19-5-2/h4,6-9,17H,5,10-13H2,1-3H3. The van der Waals surface area contributed by atoms with E-state index in [2.05, 4.69) is 5.32 Å². The molecule has 0 saturated carbocycles. The first-order valence-corrected chi connectivity index (χ1v) is 7.01. The Morgan fingerprint density at radius 1 is 1.25 bits per heavy atom. The van der Waals surface area contributed by atoms with Crippen LogP contribution in [-0.4, -0.2) is 33.5 Å². The monoisotopic (exact) mass is 279 g/mol. The van der Waals surface area contributed by atoms with E-state index in [1.54, 1.807) is 7.11 Å². The van der Waals surface area contributed by atoms with Crippen LogP contribution in [-0.2, 0) is 11.3 Å². The Bertz CT molecular complexity index is 405. The number of hydrogen-bond acceptors (Lipinski definition) is 4. The van der Waals surface area contributed by atoms with Crippen molar-refractivity contribution in [1.82, 2.24) is 5.32 Å². The minimum Gasteiger partial charge on any atom is -0.490 e. The van der Waals surface area contributed by atoms with Gasteiger partial charge in [-0.3, -0.25) is 0 Å². The molecule has 0 spiro atoms. The fourth-order valence-electron chi connectivity index (χ4n) is 1.76. The summed E-state index contributed by atoms with van der Waals surface area (Å²) in [5.74, 6) is 1.61. The molecule has 0 aromatic heterocycles. The molecule has 1 N–H and O–H groups in total. The Morgan fingerprint density at radius 2 is 2.10 bits per heavy atom. The first-order valence-electron chi connectivity index (χ1n) is 7.01. The molecular weight excluding hydrogens is 254 g/mol. The highest BCUT2D eigenvalue weighted by molar-refractivity contribution is 5.46. The van der Waals surface area contributed by atoms with Crippen molar-refractivity contribution in [3.05, 3.63) is 35.9 Å². The van der Waals surface area contributed by atoms with Crippen LogP contribution in [0.25, 0.3) is 0 Å². The summed E-state index contributed by atoms with van der Waals surface area (Å²) in [5.41, 5.74) is 1.09. The van der Waals surface area contributed by atoms with Gasteiger partial charge in [-0.25, -0.2) is 0 Å². The minimum atomic E-state index is 0.547. The second-order valence-corrected chi connectivity index (χ2v) is 4.23. The highest BCUT2D eigenvalue weighted by Gasteiger charge is 2.10. The molecule has 0 amide bonds. The molecule has 0 unspecified atom stereocenters. The molecule has 1 rings (SSSR count). The lowest BCUT2D eigenvalue weighted by atomic mass is 10.2. The van der Waals surface area contributed by atoms with Gasteiger partial charge in [0.15, 0.2) is 11.5 Å². The molecular formula is C16H25NO3. The molecule has 0 atom stereocenters. The molecule has 0 aliphatic heterocycles. The normalized spacial score (nSPS) is 10.9. The van der Waals surface area contributed by atoms with Crippen LogP contribution in [0.5, 0.6) is 11.5 Å². The van der Waals surface area contributed by atoms with E-state index >= 15 is 0 Å². The van der Waals surface area contributed by atoms with Gasteiger partial charge in [-0.05, 0) is 19.9 Å². The summed E-state index contributed by atoms with van der Waals surface area (Å²) in [6, 6.07) is 5.97. The van der Waals surface area contributed by atoms with E-state index < -0.39 is 0 Å². The summed E-state index contributed by atoms with van der Waals surface area (Å²) in [5, 5.41) is 3.32. The van der Waals surface area contributed by atoms with E-state index in [9.17, 15) is 0 Å². The van der Waals surface area contributed by atoms with Gasteiger partial charge in [-0.2, -0.15) is 0 Å². The molecule has 1 aromatic rings. The quantitative estimate of drug-likeness (QED) is 0.528. The summed E-state index contributed by atoms with van der Waals surface area (Å²) in [4.78, 5) is 0. The van der Waals surface area contributed by atoms with Gasteiger partial charge in [0.1, 0.15) is 6.61 Å². The van der Waals surface area contributed by atoms with E-state index in [-0.39, 0.29) is 0 Å². The number of hydrogen-bond donors (Lipinski definition) is 1. The van der Waals surface area contributed by atoms with Gasteiger partial charge in [-0.1, -0.05) is 24.3 Å². The summed E-state index contributed by atoms with van der Waals surface area (Å²) < 4.78 is 16.5. The number of allylic oxidation sites excluding steroid dienone is 1. The van der Waals surface area contributed by atoms with Crippen molar-refractivity contribution >= 4 is 0 Å². The number of benzene rings is 1. The van der Waals surface area contributed by atoms with E-state index in [1.807, 2.05) is 44.2 Å². The maximum absolute atomic E-state index is 5.84. The zero-order valence-corrected chi connectivity index (χ0v) is 12.6. The minimum absolute atomic E-state index is 0.547. The van der Waals surface area contributed by atoms with Crippen molar-refractivity contribution in [2.24, 2.45) is 0 Å². The Kier molecular flexibility index (Phi) is 8.51. The summed E-state index contributed by atoms with van der Waals surface area (Å²) in [6.07, 6.45) is 3.95. The third-order valence-corrected chi connectivity index (χ3v) is 2.72. The first-order chi connectivity index (χ1) is 9.83. The highest BCUT2D eigenvalue weighted by Crippen LogP contribution is 2.31. The van der Waals surface area contributed by atoms with Crippen molar-refractivity contribution < 1.29 is 14.2 Å². The molecule has 112 valence electrons. The Hall–Kier alpha value is -1.52. The van der Waals surface area contributed by atoms with Crippen molar-refractivity contribution in [2.75, 3.05) is 33.5 Å². The largest absolute Gasteiger partial charge is 0.490 e. The van der Waals surface area contributed by atoms with Crippen LogP contribution in [0, 0.1) is 0 Å². The molecule has 0 fully saturated rings. The van der Waals surface area contributed by atoms with Crippen LogP contribution in [0.2, 0.25) is 0 Å². The van der Waals surface area contributed by atoms with Gasteiger partial charge in [0.2, 0.25) is 0 Å². The van der Waals surface area contributed by atoms with Crippen LogP contribution in [0.15, 0.2) is 30.4 Å². The van der Waals surface area contributed by atoms with Gasteiger partial charge in [0.25, 0.3) is 0 Å². The van der Waals surface area contributed by atoms with Gasteiger partial charge < -0.3 is 19.5 Å². The van der Waals surface area contributed by atoms with E-state index in [0.717, 1.165) is 30.2 Å². The third-order valence-electron chi connectivity index (χ3n) is 2.72. The van der Waals surface area contributed by atoms with E-state index in [0.29, 0.717) is 19.8 Å². The maximum Gasteiger partial charge on any atom is 0.166 e. The van der Waals surface area contributed by atoms with Gasteiger partial charge >= 0.3 is 0 Å². The smallest absolute Gasteiger partial charge is 0.166 e. The first kappa shape index (κ1) is 16.5. The summed E-state index contributed by atoms with van der Waals surface area (Å²) >= 11 is 0. The van der Waals surface area contributed by atoms with Crippen molar-refractivity contribution in [3.63, 3.8) is 0 Å². The molecule has 0 bridgehead atoms. The molecule has 1 aromatic carbocycles. The third kappa shape index (κ3) is 5.63. The zero-order chi connectivity index (χ0) is 14.6. The van der Waals surface area contributed by atoms with Crippen LogP contribution in [0.1, 0.15) is 19.4 Å². The molecule has 0 aliphatic rings. The number of rotatable bonds is 10. The molecule has 0 aliphatic carbocycles. The molecule has 20 heavy (non-hydrogen) atoms. The summed E-state index contributed by atoms with van der Waals surface area (Å²) in [6.45, 7) is 7.36. The van der Waals surface area contributed by atoms with Gasteiger partial charge in [0, 0.05) is 25.8 Å². The Labute approximate surface area is 121 Å². The molecule has 0 radical (unpaired) electrons. The Morgan fingerprint density at radius 3 is 2.80 bits per heavy atom. The lowest BCUT2D eigenvalue weighted by Crippen LogP contribution is -2.19. The zero-order valence-electron chi connectivity index (χ0n) is 12.6. The average molecular weight is 279 g/mol. The second kappa shape index (κ2) is 10.3. The average Bonchev–Trinajstić information content (AvgIpc) is 2.46. The van der Waals surface area contributed by atoms with Crippen LogP contribution >= 0.6 is 0 Å². The molecule has 4 heteroatoms. The predicted octanol–water partition coefficient (Wildman–Crippen LogP) is 2.78. The van der Waals surface area contributed by atoms with Crippen LogP contribution in [0.4, 0.5) is 0 Å². The van der Waals surface area contributed by atoms with Crippen molar-refractivity contribution in [3.8, 4) is 11.5 Å². The number of methoxy groups -OCH3 is 1. The number of ether oxygens (including phenoxy) is 3. The van der Waals surface area contributed by atoms with Gasteiger partial charge in [0.05, 0.1) is 13.2 Å². The number of para-hydroxylation sites is 1. The van der Waals surface area contributed by atoms with E-state index in [4.69, 9.17) is 14.2 Å². The van der Waals surface area contributed by atoms with Crippen molar-refractivity contribution in [1.29, 1.82) is 0 Å². The fourth-order valence-corrected chi connectivity index (χ4v) is 1.76. The number of nitrogens with one attached hydrogen (secondary N) is 1. The molecule has 0 heterocycles. The Balaban J connectivity index is 2.75. The second-order valence-electron chi connectivity index (χ2n) is 4.23. The lowest BCUT2D eigenvalue weighted by Gasteiger charge is -2.15.